The van der Waals surface area contributed by atoms with Crippen molar-refractivity contribution >= 4 is 28.8 Å². The molecule has 3 aromatic rings. The van der Waals surface area contributed by atoms with Crippen LogP contribution in [-0.2, 0) is 13.0 Å². The van der Waals surface area contributed by atoms with E-state index in [4.69, 9.17) is 17.3 Å². The Bertz CT molecular complexity index is 881. The number of primary amides is 1. The van der Waals surface area contributed by atoms with Gasteiger partial charge in [-0.15, -0.1) is 11.3 Å². The number of amides is 1. The van der Waals surface area contributed by atoms with Crippen molar-refractivity contribution in [3.05, 3.63) is 68.6 Å². The number of nitrogens with two attached hydrogens (primary N) is 1. The molecule has 2 aromatic heterocycles. The lowest BCUT2D eigenvalue weighted by atomic mass is 10.00. The standard InChI is InChI=1S/C19H19ClN2OS/c1-12-17(15-7-3-4-8-16(15)20)18(19(21)23)13(2)22(12)10-9-14-6-5-11-24-14/h3-8,11H,9-10H2,1-2H3,(H2,21,23). The van der Waals surface area contributed by atoms with Gasteiger partial charge in [-0.25, -0.2) is 0 Å². The number of thiophene rings is 1. The van der Waals surface area contributed by atoms with Gasteiger partial charge in [-0.2, -0.15) is 0 Å². The molecule has 1 aromatic carbocycles. The minimum atomic E-state index is -0.416. The molecule has 124 valence electrons. The van der Waals surface area contributed by atoms with Gasteiger partial charge in [0, 0.05) is 39.0 Å². The molecule has 0 atom stereocenters. The number of hydrogen-bond acceptors (Lipinski definition) is 2. The molecule has 2 N–H and O–H groups in total. The van der Waals surface area contributed by atoms with Crippen LogP contribution in [0.1, 0.15) is 26.6 Å². The molecule has 2 heterocycles. The van der Waals surface area contributed by atoms with Crippen LogP contribution in [0.15, 0.2) is 41.8 Å². The highest BCUT2D eigenvalue weighted by Crippen LogP contribution is 2.36. The molecule has 0 fully saturated rings. The van der Waals surface area contributed by atoms with Crippen LogP contribution in [0, 0.1) is 13.8 Å². The normalized spacial score (nSPS) is 11.0. The summed E-state index contributed by atoms with van der Waals surface area (Å²) in [7, 11) is 0. The first kappa shape index (κ1) is 16.8. The highest BCUT2D eigenvalue weighted by Gasteiger charge is 2.23. The molecular weight excluding hydrogens is 340 g/mol. The lowest BCUT2D eigenvalue weighted by Gasteiger charge is -2.09. The molecule has 1 amide bonds. The van der Waals surface area contributed by atoms with Gasteiger partial charge in [0.1, 0.15) is 0 Å². The van der Waals surface area contributed by atoms with Gasteiger partial charge in [0.05, 0.1) is 5.56 Å². The predicted octanol–water partition coefficient (Wildman–Crippen LogP) is 4.83. The van der Waals surface area contributed by atoms with Crippen molar-refractivity contribution in [2.24, 2.45) is 5.73 Å². The molecule has 24 heavy (non-hydrogen) atoms. The Morgan fingerprint density at radius 2 is 1.92 bits per heavy atom. The average molecular weight is 359 g/mol. The topological polar surface area (TPSA) is 48.0 Å². The fourth-order valence-electron chi connectivity index (χ4n) is 3.19. The monoisotopic (exact) mass is 358 g/mol. The van der Waals surface area contributed by atoms with Crippen LogP contribution in [0.2, 0.25) is 5.02 Å². The third kappa shape index (κ3) is 2.99. The Labute approximate surface area is 150 Å². The first-order chi connectivity index (χ1) is 11.5. The second-order valence-corrected chi connectivity index (χ2v) is 7.19. The molecule has 0 spiro atoms. The summed E-state index contributed by atoms with van der Waals surface area (Å²) in [6.45, 7) is 4.78. The fraction of sp³-hybridized carbons (Fsp3) is 0.211. The third-order valence-electron chi connectivity index (χ3n) is 4.33. The smallest absolute Gasteiger partial charge is 0.251 e. The summed E-state index contributed by atoms with van der Waals surface area (Å²) in [4.78, 5) is 13.4. The van der Waals surface area contributed by atoms with Crippen LogP contribution in [0.5, 0.6) is 0 Å². The molecule has 0 unspecified atom stereocenters. The van der Waals surface area contributed by atoms with Gasteiger partial charge in [-0.1, -0.05) is 35.9 Å². The number of aryl methyl sites for hydroxylation is 1. The molecule has 0 bridgehead atoms. The molecule has 0 radical (unpaired) electrons. The van der Waals surface area contributed by atoms with Crippen molar-refractivity contribution in [3.63, 3.8) is 0 Å². The van der Waals surface area contributed by atoms with Crippen LogP contribution >= 0.6 is 22.9 Å². The molecule has 3 rings (SSSR count). The zero-order chi connectivity index (χ0) is 17.3. The predicted molar refractivity (Wildman–Crippen MR) is 101 cm³/mol. The summed E-state index contributed by atoms with van der Waals surface area (Å²) in [5.41, 5.74) is 9.85. The van der Waals surface area contributed by atoms with E-state index in [0.717, 1.165) is 35.5 Å². The fourth-order valence-corrected chi connectivity index (χ4v) is 4.12. The Morgan fingerprint density at radius 3 is 2.54 bits per heavy atom. The van der Waals surface area contributed by atoms with E-state index < -0.39 is 5.91 Å². The number of halogens is 1. The van der Waals surface area contributed by atoms with E-state index in [1.807, 2.05) is 38.1 Å². The molecule has 0 aliphatic rings. The second kappa shape index (κ2) is 6.83. The van der Waals surface area contributed by atoms with E-state index in [0.29, 0.717) is 10.6 Å². The molecule has 0 aliphatic carbocycles. The van der Waals surface area contributed by atoms with E-state index in [1.165, 1.54) is 4.88 Å². The van der Waals surface area contributed by atoms with Crippen LogP contribution < -0.4 is 5.73 Å². The lowest BCUT2D eigenvalue weighted by molar-refractivity contribution is 0.1000. The number of carbonyl (C=O) groups excluding carboxylic acids is 1. The summed E-state index contributed by atoms with van der Waals surface area (Å²) >= 11 is 8.11. The molecule has 0 saturated heterocycles. The van der Waals surface area contributed by atoms with Gasteiger partial charge in [0.25, 0.3) is 5.91 Å². The molecular formula is C19H19ClN2OS. The van der Waals surface area contributed by atoms with Crippen molar-refractivity contribution in [1.29, 1.82) is 0 Å². The zero-order valence-electron chi connectivity index (χ0n) is 13.7. The van der Waals surface area contributed by atoms with Gasteiger partial charge < -0.3 is 10.3 Å². The maximum Gasteiger partial charge on any atom is 0.251 e. The summed E-state index contributed by atoms with van der Waals surface area (Å²) in [6, 6.07) is 11.7. The van der Waals surface area contributed by atoms with Gasteiger partial charge in [0.2, 0.25) is 0 Å². The number of rotatable bonds is 5. The van der Waals surface area contributed by atoms with Crippen molar-refractivity contribution in [1.82, 2.24) is 4.57 Å². The molecule has 0 aliphatic heterocycles. The minimum absolute atomic E-state index is 0.416. The van der Waals surface area contributed by atoms with E-state index in [-0.39, 0.29) is 0 Å². The quantitative estimate of drug-likeness (QED) is 0.697. The van der Waals surface area contributed by atoms with Crippen LogP contribution in [0.4, 0.5) is 0 Å². The summed E-state index contributed by atoms with van der Waals surface area (Å²) in [5.74, 6) is -0.416. The van der Waals surface area contributed by atoms with E-state index in [1.54, 1.807) is 11.3 Å². The van der Waals surface area contributed by atoms with E-state index in [9.17, 15) is 4.79 Å². The number of hydrogen-bond donors (Lipinski definition) is 1. The summed E-state index contributed by atoms with van der Waals surface area (Å²) in [5, 5.41) is 2.70. The summed E-state index contributed by atoms with van der Waals surface area (Å²) in [6.07, 6.45) is 0.925. The molecule has 3 nitrogen and oxygen atoms in total. The van der Waals surface area contributed by atoms with Crippen molar-refractivity contribution in [2.45, 2.75) is 26.8 Å². The van der Waals surface area contributed by atoms with Crippen LogP contribution in [0.25, 0.3) is 11.1 Å². The van der Waals surface area contributed by atoms with Crippen LogP contribution in [-0.4, -0.2) is 10.5 Å². The van der Waals surface area contributed by atoms with Crippen molar-refractivity contribution in [2.75, 3.05) is 0 Å². The van der Waals surface area contributed by atoms with Gasteiger partial charge in [-0.3, -0.25) is 4.79 Å². The molecule has 0 saturated carbocycles. The van der Waals surface area contributed by atoms with Crippen molar-refractivity contribution < 1.29 is 4.79 Å². The summed E-state index contributed by atoms with van der Waals surface area (Å²) < 4.78 is 2.17. The van der Waals surface area contributed by atoms with Crippen molar-refractivity contribution in [3.8, 4) is 11.1 Å². The first-order valence-electron chi connectivity index (χ1n) is 7.77. The number of aromatic nitrogens is 1. The Hall–Kier alpha value is -2.04. The van der Waals surface area contributed by atoms with E-state index in [2.05, 4.69) is 22.1 Å². The first-order valence-corrected chi connectivity index (χ1v) is 9.03. The van der Waals surface area contributed by atoms with Crippen LogP contribution in [0.3, 0.4) is 0 Å². The maximum atomic E-state index is 12.1. The Morgan fingerprint density at radius 1 is 1.17 bits per heavy atom. The zero-order valence-corrected chi connectivity index (χ0v) is 15.2. The van der Waals surface area contributed by atoms with Gasteiger partial charge >= 0.3 is 0 Å². The second-order valence-electron chi connectivity index (χ2n) is 5.75. The highest BCUT2D eigenvalue weighted by molar-refractivity contribution is 7.09. The number of benzene rings is 1. The van der Waals surface area contributed by atoms with Gasteiger partial charge in [0.15, 0.2) is 0 Å². The SMILES string of the molecule is Cc1c(C(N)=O)c(-c2ccccc2Cl)c(C)n1CCc1cccs1. The third-order valence-corrected chi connectivity index (χ3v) is 5.60. The Kier molecular flexibility index (Phi) is 4.78. The number of nitrogens with zero attached hydrogens (tertiary/aromatic N) is 1. The molecule has 5 heteroatoms. The van der Waals surface area contributed by atoms with Gasteiger partial charge in [-0.05, 0) is 37.8 Å². The highest BCUT2D eigenvalue weighted by atomic mass is 35.5. The maximum absolute atomic E-state index is 12.1. The average Bonchev–Trinajstić information content (AvgIpc) is 3.13. The Balaban J connectivity index is 2.10. The minimum Gasteiger partial charge on any atom is -0.366 e. The van der Waals surface area contributed by atoms with E-state index >= 15 is 0 Å². The number of carbonyl (C=O) groups is 1. The largest absolute Gasteiger partial charge is 0.366 e. The lowest BCUT2D eigenvalue weighted by Crippen LogP contribution is -2.13.